The van der Waals surface area contributed by atoms with Gasteiger partial charge in [0.1, 0.15) is 11.5 Å². The number of nitrogens with two attached hydrogens (primary N) is 5. The first kappa shape index (κ1) is 38.9. The van der Waals surface area contributed by atoms with Gasteiger partial charge in [-0.1, -0.05) is 30.3 Å². The Bertz CT molecular complexity index is 1340. The van der Waals surface area contributed by atoms with Crippen molar-refractivity contribution in [1.82, 2.24) is 5.32 Å². The predicted molar refractivity (Wildman–Crippen MR) is 184 cm³/mol. The van der Waals surface area contributed by atoms with Crippen LogP contribution in [-0.4, -0.2) is 59.6 Å². The zero-order chi connectivity index (χ0) is 34.9. The molecular formula is C35H53N7O5. The van der Waals surface area contributed by atoms with Gasteiger partial charge in [0.05, 0.1) is 12.1 Å². The molecule has 0 fully saturated rings. The number of carbonyl (C=O) groups excluding carboxylic acids is 4. The number of primary amides is 1. The number of aryl methyl sites for hydroxylation is 2. The minimum atomic E-state index is -0.893. The Hall–Kier alpha value is -4.29. The predicted octanol–water partition coefficient (Wildman–Crippen LogP) is 1.82. The van der Waals surface area contributed by atoms with Crippen molar-refractivity contribution < 1.29 is 24.3 Å². The second-order valence-corrected chi connectivity index (χ2v) is 12.3. The maximum Gasteiger partial charge on any atom is 0.224 e. The monoisotopic (exact) mass is 651 g/mol. The Labute approximate surface area is 277 Å². The van der Waals surface area contributed by atoms with E-state index in [1.165, 1.54) is 0 Å². The summed E-state index contributed by atoms with van der Waals surface area (Å²) in [5.41, 5.74) is 31.6. The highest BCUT2D eigenvalue weighted by molar-refractivity contribution is 5.94. The van der Waals surface area contributed by atoms with Crippen LogP contribution in [0.2, 0.25) is 0 Å². The van der Waals surface area contributed by atoms with Gasteiger partial charge >= 0.3 is 0 Å². The summed E-state index contributed by atoms with van der Waals surface area (Å²) in [5, 5.41) is 13.0. The first-order valence-corrected chi connectivity index (χ1v) is 16.3. The third-order valence-electron chi connectivity index (χ3n) is 8.41. The van der Waals surface area contributed by atoms with Crippen LogP contribution < -0.4 is 34.0 Å². The lowest BCUT2D eigenvalue weighted by molar-refractivity contribution is -0.133. The summed E-state index contributed by atoms with van der Waals surface area (Å²) in [6.07, 6.45) is 3.46. The molecule has 0 saturated carbocycles. The summed E-state index contributed by atoms with van der Waals surface area (Å²) in [7, 11) is 0. The SMILES string of the molecule is Cc1cc(O)cc(C)c1C[C@H](CC(=O)[C@H](N)CCCCN=C(N)N)C(=O)N[C@@H](CCCCN)C(=O)C[C@@H](Cc1ccccc1)C(N)=O. The molecule has 0 heterocycles. The molecule has 2 amide bonds. The summed E-state index contributed by atoms with van der Waals surface area (Å²) in [6.45, 7) is 4.51. The molecular weight excluding hydrogens is 598 g/mol. The molecule has 2 aromatic rings. The Balaban J connectivity index is 2.28. The van der Waals surface area contributed by atoms with Gasteiger partial charge in [0.2, 0.25) is 11.8 Å². The summed E-state index contributed by atoms with van der Waals surface area (Å²) in [4.78, 5) is 57.2. The van der Waals surface area contributed by atoms with E-state index < -0.39 is 35.7 Å². The van der Waals surface area contributed by atoms with Crippen molar-refractivity contribution in [3.63, 3.8) is 0 Å². The van der Waals surface area contributed by atoms with E-state index >= 15 is 0 Å². The van der Waals surface area contributed by atoms with Gasteiger partial charge in [-0.25, -0.2) is 0 Å². The molecule has 0 aromatic heterocycles. The zero-order valence-corrected chi connectivity index (χ0v) is 27.8. The quantitative estimate of drug-likeness (QED) is 0.0557. The minimum absolute atomic E-state index is 0.000187. The summed E-state index contributed by atoms with van der Waals surface area (Å²) in [5.74, 6) is -3.12. The van der Waals surface area contributed by atoms with E-state index in [1.54, 1.807) is 12.1 Å². The number of hydrogen-bond acceptors (Lipinski definition) is 8. The fraction of sp³-hybridized carbons (Fsp3) is 0.514. The number of phenolic OH excluding ortho intramolecular Hbond substituents is 1. The topological polar surface area (TPSA) is 243 Å². The molecule has 2 rings (SSSR count). The van der Waals surface area contributed by atoms with Gasteiger partial charge in [-0.05, 0) is 106 Å². The minimum Gasteiger partial charge on any atom is -0.508 e. The first-order valence-electron chi connectivity index (χ1n) is 16.3. The molecule has 12 heteroatoms. The number of nitrogens with one attached hydrogen (secondary N) is 1. The van der Waals surface area contributed by atoms with Crippen LogP contribution in [0.1, 0.15) is 73.6 Å². The lowest BCUT2D eigenvalue weighted by Gasteiger charge is -2.25. The molecule has 0 bridgehead atoms. The van der Waals surface area contributed by atoms with E-state index in [2.05, 4.69) is 10.3 Å². The third-order valence-corrected chi connectivity index (χ3v) is 8.41. The van der Waals surface area contributed by atoms with Gasteiger partial charge in [0.15, 0.2) is 11.7 Å². The van der Waals surface area contributed by atoms with Crippen molar-refractivity contribution in [1.29, 1.82) is 0 Å². The highest BCUT2D eigenvalue weighted by Gasteiger charge is 2.31. The van der Waals surface area contributed by atoms with E-state index in [9.17, 15) is 24.3 Å². The number of hydrogen-bond donors (Lipinski definition) is 7. The summed E-state index contributed by atoms with van der Waals surface area (Å²) in [6, 6.07) is 10.8. The fourth-order valence-electron chi connectivity index (χ4n) is 5.69. The molecule has 0 radical (unpaired) electrons. The molecule has 2 aromatic carbocycles. The lowest BCUT2D eigenvalue weighted by atomic mass is 9.86. The van der Waals surface area contributed by atoms with E-state index in [0.29, 0.717) is 58.0 Å². The molecule has 0 aliphatic carbocycles. The van der Waals surface area contributed by atoms with Crippen molar-refractivity contribution >= 4 is 29.3 Å². The Morgan fingerprint density at radius 3 is 2.04 bits per heavy atom. The molecule has 47 heavy (non-hydrogen) atoms. The Kier molecular flexibility index (Phi) is 16.6. The lowest BCUT2D eigenvalue weighted by Crippen LogP contribution is -2.46. The van der Waals surface area contributed by atoms with E-state index in [0.717, 1.165) is 22.3 Å². The number of guanidine groups is 1. The number of Topliss-reactive ketones (excluding diaryl/α,β-unsaturated/α-hetero) is 2. The van der Waals surface area contributed by atoms with Gasteiger partial charge in [0, 0.05) is 31.2 Å². The zero-order valence-electron chi connectivity index (χ0n) is 27.8. The smallest absolute Gasteiger partial charge is 0.224 e. The molecule has 0 aliphatic heterocycles. The number of ketones is 2. The number of carbonyl (C=O) groups is 4. The van der Waals surface area contributed by atoms with Crippen LogP contribution in [0.3, 0.4) is 0 Å². The van der Waals surface area contributed by atoms with Gasteiger partial charge in [-0.2, -0.15) is 0 Å². The molecule has 258 valence electrons. The molecule has 0 saturated heterocycles. The van der Waals surface area contributed by atoms with Gasteiger partial charge < -0.3 is 39.1 Å². The Morgan fingerprint density at radius 1 is 0.830 bits per heavy atom. The number of rotatable bonds is 22. The fourth-order valence-corrected chi connectivity index (χ4v) is 5.69. The standard InChI is InChI=1S/C35H53N7O5/c1-22-16-27(43)17-23(2)28(22)19-26(21-31(44)29(37)12-7-9-15-41-35(39)40)34(47)42-30(13-6-8-14-36)32(45)20-25(33(38)46)18-24-10-4-3-5-11-24/h3-5,10-11,16-17,25-26,29-30,43H,6-9,12-15,18-21,36-37H2,1-2H3,(H2,38,46)(H,42,47)(H4,39,40,41)/t25-,26-,29-,30+/m1/s1. The number of nitrogens with zero attached hydrogens (tertiary/aromatic N) is 1. The molecule has 4 atom stereocenters. The molecule has 12 nitrogen and oxygen atoms in total. The highest BCUT2D eigenvalue weighted by Crippen LogP contribution is 2.26. The average Bonchev–Trinajstić information content (AvgIpc) is 3.01. The second kappa shape index (κ2) is 20.1. The third kappa shape index (κ3) is 13.9. The van der Waals surface area contributed by atoms with Crippen LogP contribution in [0.5, 0.6) is 5.75 Å². The number of benzene rings is 2. The summed E-state index contributed by atoms with van der Waals surface area (Å²) >= 11 is 0. The van der Waals surface area contributed by atoms with E-state index in [4.69, 9.17) is 28.7 Å². The van der Waals surface area contributed by atoms with E-state index in [-0.39, 0.29) is 42.5 Å². The van der Waals surface area contributed by atoms with Crippen LogP contribution in [0.4, 0.5) is 0 Å². The van der Waals surface area contributed by atoms with Gasteiger partial charge in [0.25, 0.3) is 0 Å². The maximum absolute atomic E-state index is 14.0. The average molecular weight is 652 g/mol. The first-order chi connectivity index (χ1) is 22.3. The number of amides is 2. The maximum atomic E-state index is 14.0. The van der Waals surface area contributed by atoms with Crippen molar-refractivity contribution in [2.75, 3.05) is 13.1 Å². The van der Waals surface area contributed by atoms with Crippen LogP contribution in [0.15, 0.2) is 47.5 Å². The van der Waals surface area contributed by atoms with Crippen molar-refractivity contribution in [2.24, 2.45) is 45.5 Å². The van der Waals surface area contributed by atoms with Crippen LogP contribution >= 0.6 is 0 Å². The Morgan fingerprint density at radius 2 is 1.45 bits per heavy atom. The summed E-state index contributed by atoms with van der Waals surface area (Å²) < 4.78 is 0. The second-order valence-electron chi connectivity index (χ2n) is 12.3. The van der Waals surface area contributed by atoms with Gasteiger partial charge in [-0.15, -0.1) is 0 Å². The largest absolute Gasteiger partial charge is 0.508 e. The molecule has 0 spiro atoms. The number of aliphatic imine (C=N–C) groups is 1. The van der Waals surface area contributed by atoms with Crippen molar-refractivity contribution in [3.05, 3.63) is 64.7 Å². The number of unbranched alkanes of at least 4 members (excludes halogenated alkanes) is 2. The van der Waals surface area contributed by atoms with Crippen molar-refractivity contribution in [3.8, 4) is 5.75 Å². The van der Waals surface area contributed by atoms with Crippen molar-refractivity contribution in [2.45, 2.75) is 90.1 Å². The van der Waals surface area contributed by atoms with Crippen LogP contribution in [-0.2, 0) is 32.0 Å². The number of phenols is 1. The normalized spacial score (nSPS) is 13.6. The molecule has 0 aliphatic rings. The van der Waals surface area contributed by atoms with Crippen LogP contribution in [0, 0.1) is 25.7 Å². The van der Waals surface area contributed by atoms with Gasteiger partial charge in [-0.3, -0.25) is 24.2 Å². The number of aromatic hydroxyl groups is 1. The van der Waals surface area contributed by atoms with E-state index in [1.807, 2.05) is 44.2 Å². The highest BCUT2D eigenvalue weighted by atomic mass is 16.3. The molecule has 0 unspecified atom stereocenters. The van der Waals surface area contributed by atoms with Crippen LogP contribution in [0.25, 0.3) is 0 Å². The molecule has 12 N–H and O–H groups in total.